The molecule has 0 amide bonds. The van der Waals surface area contributed by atoms with Crippen LogP contribution in [0.25, 0.3) is 0 Å². The molecule has 0 aliphatic carbocycles. The largest absolute Gasteiger partial charge is 0.378 e. The number of aromatic nitrogens is 1. The summed E-state index contributed by atoms with van der Waals surface area (Å²) in [6.45, 7) is 4.43. The summed E-state index contributed by atoms with van der Waals surface area (Å²) in [7, 11) is 2.14. The average molecular weight is 249 g/mol. The molecule has 0 spiro atoms. The summed E-state index contributed by atoms with van der Waals surface area (Å²) in [6, 6.07) is 6.03. The molecular weight excluding hydrogens is 226 g/mol. The maximum atomic E-state index is 6.04. The third-order valence-electron chi connectivity index (χ3n) is 3.95. The van der Waals surface area contributed by atoms with Gasteiger partial charge in [-0.05, 0) is 38.9 Å². The minimum Gasteiger partial charge on any atom is -0.378 e. The van der Waals surface area contributed by atoms with E-state index in [1.54, 1.807) is 0 Å². The van der Waals surface area contributed by atoms with Gasteiger partial charge in [0.2, 0.25) is 0 Å². The van der Waals surface area contributed by atoms with Gasteiger partial charge in [-0.15, -0.1) is 0 Å². The maximum absolute atomic E-state index is 6.04. The fraction of sp³-hybridized carbons (Fsp3) is 0.643. The lowest BCUT2D eigenvalue weighted by Crippen LogP contribution is -2.56. The van der Waals surface area contributed by atoms with Gasteiger partial charge in [-0.1, -0.05) is 6.07 Å². The fourth-order valence-corrected chi connectivity index (χ4v) is 2.74. The molecule has 2 unspecified atom stereocenters. The van der Waals surface area contributed by atoms with E-state index < -0.39 is 0 Å². The summed E-state index contributed by atoms with van der Waals surface area (Å²) < 4.78 is 5.64. The first-order valence-electron chi connectivity index (χ1n) is 6.59. The zero-order valence-corrected chi connectivity index (χ0v) is 11.3. The first kappa shape index (κ1) is 13.5. The zero-order valence-electron chi connectivity index (χ0n) is 11.3. The number of rotatable bonds is 4. The number of hydrogen-bond donors (Lipinski definition) is 1. The van der Waals surface area contributed by atoms with Crippen LogP contribution >= 0.6 is 0 Å². The van der Waals surface area contributed by atoms with Crippen molar-refractivity contribution >= 4 is 0 Å². The smallest absolute Gasteiger partial charge is 0.0565 e. The molecular formula is C14H23N3O. The van der Waals surface area contributed by atoms with Crippen LogP contribution in [0, 0.1) is 0 Å². The molecule has 0 saturated carbocycles. The molecule has 100 valence electrons. The summed E-state index contributed by atoms with van der Waals surface area (Å²) >= 11 is 0. The lowest BCUT2D eigenvalue weighted by Gasteiger charge is -2.45. The van der Waals surface area contributed by atoms with Crippen LogP contribution in [0.4, 0.5) is 0 Å². The van der Waals surface area contributed by atoms with E-state index in [2.05, 4.69) is 29.9 Å². The Morgan fingerprint density at radius 1 is 1.56 bits per heavy atom. The van der Waals surface area contributed by atoms with Gasteiger partial charge < -0.3 is 10.5 Å². The molecule has 2 rings (SSSR count). The fourth-order valence-electron chi connectivity index (χ4n) is 2.74. The van der Waals surface area contributed by atoms with Crippen LogP contribution in [0.3, 0.4) is 0 Å². The predicted octanol–water partition coefficient (Wildman–Crippen LogP) is 1.41. The van der Waals surface area contributed by atoms with Crippen molar-refractivity contribution in [2.45, 2.75) is 38.0 Å². The molecule has 1 aliphatic heterocycles. The Balaban J connectivity index is 2.07. The second-order valence-corrected chi connectivity index (χ2v) is 5.24. The summed E-state index contributed by atoms with van der Waals surface area (Å²) in [6.07, 6.45) is 4.11. The molecule has 2 N–H and O–H groups in total. The Bertz CT molecular complexity index is 371. The van der Waals surface area contributed by atoms with E-state index in [1.807, 2.05) is 18.3 Å². The van der Waals surface area contributed by atoms with Crippen LogP contribution in [0.1, 0.15) is 25.5 Å². The van der Waals surface area contributed by atoms with Gasteiger partial charge >= 0.3 is 0 Å². The summed E-state index contributed by atoms with van der Waals surface area (Å²) in [5, 5.41) is 0. The molecule has 1 aliphatic rings. The van der Waals surface area contributed by atoms with Crippen LogP contribution in [-0.2, 0) is 11.3 Å². The number of nitrogens with two attached hydrogens (primary N) is 1. The lowest BCUT2D eigenvalue weighted by atomic mass is 9.85. The highest BCUT2D eigenvalue weighted by Gasteiger charge is 2.37. The quantitative estimate of drug-likeness (QED) is 0.876. The summed E-state index contributed by atoms with van der Waals surface area (Å²) in [4.78, 5) is 6.73. The van der Waals surface area contributed by atoms with Crippen molar-refractivity contribution in [2.75, 3.05) is 20.2 Å². The molecule has 2 atom stereocenters. The van der Waals surface area contributed by atoms with E-state index in [0.29, 0.717) is 6.54 Å². The SMILES string of the molecule is CC1CC(CN)(N(C)Cc2ccccn2)CCO1. The molecule has 0 aromatic carbocycles. The topological polar surface area (TPSA) is 51.4 Å². The third kappa shape index (κ3) is 2.88. The minimum atomic E-state index is 0.0508. The molecule has 4 heteroatoms. The van der Waals surface area contributed by atoms with E-state index in [-0.39, 0.29) is 11.6 Å². The number of hydrogen-bond acceptors (Lipinski definition) is 4. The Kier molecular flexibility index (Phi) is 4.32. The summed E-state index contributed by atoms with van der Waals surface area (Å²) in [5.74, 6) is 0. The van der Waals surface area contributed by atoms with E-state index in [9.17, 15) is 0 Å². The Morgan fingerprint density at radius 3 is 3.00 bits per heavy atom. The Morgan fingerprint density at radius 2 is 2.39 bits per heavy atom. The van der Waals surface area contributed by atoms with E-state index >= 15 is 0 Å². The maximum Gasteiger partial charge on any atom is 0.0565 e. The molecule has 1 saturated heterocycles. The molecule has 1 aromatic heterocycles. The Labute approximate surface area is 109 Å². The molecule has 0 bridgehead atoms. The van der Waals surface area contributed by atoms with Crippen molar-refractivity contribution in [3.05, 3.63) is 30.1 Å². The summed E-state index contributed by atoms with van der Waals surface area (Å²) in [5.41, 5.74) is 7.18. The molecule has 18 heavy (non-hydrogen) atoms. The number of pyridine rings is 1. The Hall–Kier alpha value is -0.970. The highest BCUT2D eigenvalue weighted by atomic mass is 16.5. The number of ether oxygens (including phenoxy) is 1. The van der Waals surface area contributed by atoms with Crippen LogP contribution in [0.2, 0.25) is 0 Å². The van der Waals surface area contributed by atoms with Crippen LogP contribution in [0.5, 0.6) is 0 Å². The highest BCUT2D eigenvalue weighted by Crippen LogP contribution is 2.30. The molecule has 4 nitrogen and oxygen atoms in total. The van der Waals surface area contributed by atoms with E-state index in [4.69, 9.17) is 10.5 Å². The molecule has 1 aromatic rings. The first-order chi connectivity index (χ1) is 8.66. The van der Waals surface area contributed by atoms with Crippen molar-refractivity contribution in [1.29, 1.82) is 0 Å². The van der Waals surface area contributed by atoms with Crippen LogP contribution in [0.15, 0.2) is 24.4 Å². The van der Waals surface area contributed by atoms with Gasteiger partial charge in [0.25, 0.3) is 0 Å². The highest BCUT2D eigenvalue weighted by molar-refractivity contribution is 5.05. The standard InChI is InChI=1S/C14H23N3O/c1-12-9-14(11-15,6-8-18-12)17(2)10-13-5-3-4-7-16-13/h3-5,7,12H,6,8-11,15H2,1-2H3. The number of nitrogens with zero attached hydrogens (tertiary/aromatic N) is 2. The van der Waals surface area contributed by atoms with Crippen LogP contribution in [-0.4, -0.2) is 41.7 Å². The van der Waals surface area contributed by atoms with Crippen molar-refractivity contribution < 1.29 is 4.74 Å². The van der Waals surface area contributed by atoms with Gasteiger partial charge in [-0.3, -0.25) is 9.88 Å². The molecule has 2 heterocycles. The van der Waals surface area contributed by atoms with Gasteiger partial charge in [0.15, 0.2) is 0 Å². The molecule has 0 radical (unpaired) electrons. The van der Waals surface area contributed by atoms with Gasteiger partial charge in [-0.2, -0.15) is 0 Å². The van der Waals surface area contributed by atoms with E-state index in [1.165, 1.54) is 0 Å². The van der Waals surface area contributed by atoms with Gasteiger partial charge in [0.1, 0.15) is 0 Å². The van der Waals surface area contributed by atoms with Gasteiger partial charge in [0, 0.05) is 31.4 Å². The monoisotopic (exact) mass is 249 g/mol. The van der Waals surface area contributed by atoms with Crippen molar-refractivity contribution in [2.24, 2.45) is 5.73 Å². The van der Waals surface area contributed by atoms with Gasteiger partial charge in [0.05, 0.1) is 11.8 Å². The predicted molar refractivity (Wildman–Crippen MR) is 72.1 cm³/mol. The second-order valence-electron chi connectivity index (χ2n) is 5.24. The average Bonchev–Trinajstić information content (AvgIpc) is 2.39. The van der Waals surface area contributed by atoms with Gasteiger partial charge in [-0.25, -0.2) is 0 Å². The van der Waals surface area contributed by atoms with Crippen molar-refractivity contribution in [3.8, 4) is 0 Å². The second kappa shape index (κ2) is 5.78. The minimum absolute atomic E-state index is 0.0508. The first-order valence-corrected chi connectivity index (χ1v) is 6.59. The van der Waals surface area contributed by atoms with E-state index in [0.717, 1.165) is 31.7 Å². The van der Waals surface area contributed by atoms with Crippen LogP contribution < -0.4 is 5.73 Å². The molecule has 1 fully saturated rings. The number of likely N-dealkylation sites (N-methyl/N-ethyl adjacent to an activating group) is 1. The lowest BCUT2D eigenvalue weighted by molar-refractivity contribution is -0.0586. The third-order valence-corrected chi connectivity index (χ3v) is 3.95. The van der Waals surface area contributed by atoms with Crippen molar-refractivity contribution in [1.82, 2.24) is 9.88 Å². The normalized spacial score (nSPS) is 28.6. The zero-order chi connectivity index (χ0) is 13.0. The van der Waals surface area contributed by atoms with Crippen molar-refractivity contribution in [3.63, 3.8) is 0 Å².